The van der Waals surface area contributed by atoms with Gasteiger partial charge in [-0.15, -0.1) is 0 Å². The lowest BCUT2D eigenvalue weighted by Crippen LogP contribution is -2.24. The van der Waals surface area contributed by atoms with Gasteiger partial charge in [-0.05, 0) is 72.8 Å². The van der Waals surface area contributed by atoms with Gasteiger partial charge >= 0.3 is 0 Å². The summed E-state index contributed by atoms with van der Waals surface area (Å²) in [6, 6.07) is 21.3. The van der Waals surface area contributed by atoms with Crippen molar-refractivity contribution in [2.75, 3.05) is 37.4 Å². The molecule has 0 saturated carbocycles. The van der Waals surface area contributed by atoms with E-state index in [1.807, 2.05) is 80.7 Å². The molecule has 0 unspecified atom stereocenters. The summed E-state index contributed by atoms with van der Waals surface area (Å²) in [5.41, 5.74) is 6.37. The number of benzene rings is 3. The van der Waals surface area contributed by atoms with Crippen molar-refractivity contribution < 1.29 is 9.90 Å². The molecular weight excluding hydrogens is 526 g/mol. The molecule has 1 amide bonds. The van der Waals surface area contributed by atoms with Gasteiger partial charge in [0.25, 0.3) is 11.5 Å². The number of aliphatic hydroxyl groups excluding tert-OH is 1. The van der Waals surface area contributed by atoms with Crippen molar-refractivity contribution in [2.45, 2.75) is 39.5 Å². The van der Waals surface area contributed by atoms with Gasteiger partial charge in [0.05, 0.1) is 12.3 Å². The van der Waals surface area contributed by atoms with E-state index in [4.69, 9.17) is 10.1 Å². The van der Waals surface area contributed by atoms with E-state index in [-0.39, 0.29) is 29.3 Å². The summed E-state index contributed by atoms with van der Waals surface area (Å²) in [7, 11) is 3.68. The van der Waals surface area contributed by atoms with E-state index in [1.165, 1.54) is 10.1 Å². The third kappa shape index (κ3) is 7.51. The molecule has 0 fully saturated rings. The first kappa shape index (κ1) is 30.7. The molecule has 8 nitrogen and oxygen atoms in total. The summed E-state index contributed by atoms with van der Waals surface area (Å²) in [6.45, 7) is 9.93. The van der Waals surface area contributed by atoms with E-state index in [0.29, 0.717) is 23.5 Å². The smallest absolute Gasteiger partial charge is 0.293 e. The van der Waals surface area contributed by atoms with Crippen molar-refractivity contribution in [1.29, 1.82) is 0 Å². The van der Waals surface area contributed by atoms with E-state index < -0.39 is 0 Å². The Bertz CT molecular complexity index is 1600. The number of nitrogens with one attached hydrogen (secondary N) is 2. The van der Waals surface area contributed by atoms with Crippen LogP contribution in [0, 0.1) is 6.92 Å². The largest absolute Gasteiger partial charge is 0.395 e. The number of hydrogen-bond donors (Lipinski definition) is 3. The molecular formula is C34H41N5O3. The zero-order valence-corrected chi connectivity index (χ0v) is 25.4. The molecule has 1 aromatic heterocycles. The van der Waals surface area contributed by atoms with Gasteiger partial charge < -0.3 is 25.2 Å². The number of aryl methyl sites for hydroxylation is 1. The molecule has 4 rings (SSSR count). The molecule has 0 bridgehead atoms. The van der Waals surface area contributed by atoms with Crippen LogP contribution in [0.2, 0.25) is 0 Å². The number of carbonyl (C=O) groups is 1. The molecule has 220 valence electrons. The summed E-state index contributed by atoms with van der Waals surface area (Å²) in [6.07, 6.45) is 2.52. The molecule has 3 N–H and O–H groups in total. The highest BCUT2D eigenvalue weighted by Gasteiger charge is 2.17. The summed E-state index contributed by atoms with van der Waals surface area (Å²) >= 11 is 0. The second kappa shape index (κ2) is 13.1. The van der Waals surface area contributed by atoms with Crippen molar-refractivity contribution in [3.05, 3.63) is 106 Å². The van der Waals surface area contributed by atoms with Crippen LogP contribution in [0.5, 0.6) is 0 Å². The first-order chi connectivity index (χ1) is 20.0. The molecule has 0 atom stereocenters. The van der Waals surface area contributed by atoms with Crippen LogP contribution in [0.15, 0.2) is 77.7 Å². The Labute approximate surface area is 248 Å². The number of carbonyl (C=O) groups excluding carboxylic acids is 1. The Hall–Kier alpha value is -4.27. The van der Waals surface area contributed by atoms with Crippen LogP contribution in [0.3, 0.4) is 0 Å². The van der Waals surface area contributed by atoms with E-state index in [2.05, 4.69) is 36.3 Å². The number of hydrogen-bond acceptors (Lipinski definition) is 6. The van der Waals surface area contributed by atoms with Gasteiger partial charge in [0.1, 0.15) is 0 Å². The Balaban J connectivity index is 1.56. The number of rotatable bonds is 10. The quantitative estimate of drug-likeness (QED) is 0.234. The predicted octanol–water partition coefficient (Wildman–Crippen LogP) is 5.52. The number of nitrogens with zero attached hydrogens (tertiary/aromatic N) is 3. The highest BCUT2D eigenvalue weighted by Crippen LogP contribution is 2.29. The molecule has 3 aromatic carbocycles. The van der Waals surface area contributed by atoms with Crippen LogP contribution in [0.25, 0.3) is 11.3 Å². The van der Waals surface area contributed by atoms with Crippen LogP contribution in [-0.2, 0) is 18.9 Å². The van der Waals surface area contributed by atoms with Crippen molar-refractivity contribution >= 4 is 23.1 Å². The van der Waals surface area contributed by atoms with Crippen molar-refractivity contribution in [3.63, 3.8) is 0 Å². The Morgan fingerprint density at radius 1 is 1.02 bits per heavy atom. The summed E-state index contributed by atoms with van der Waals surface area (Å²) in [5, 5.41) is 15.4. The standard InChI is InChI=1S/C34H41N5O3/c1-23-28(11-8-12-29(23)37-32(41)25-13-15-26(16-14-25)34(2,3)4)30-22-39(6)33(42)31(36-30)35-27-10-7-9-24(21-27)17-18-38(5)19-20-40/h7-16,21-22,40H,17-20H2,1-6H3,(H,35,36)(H,37,41). The summed E-state index contributed by atoms with van der Waals surface area (Å²) in [4.78, 5) is 32.9. The summed E-state index contributed by atoms with van der Waals surface area (Å²) < 4.78 is 1.51. The number of anilines is 3. The van der Waals surface area contributed by atoms with Gasteiger partial charge in [-0.3, -0.25) is 9.59 Å². The lowest BCUT2D eigenvalue weighted by molar-refractivity contribution is 0.102. The number of amides is 1. The van der Waals surface area contributed by atoms with Gasteiger partial charge in [-0.2, -0.15) is 0 Å². The van der Waals surface area contributed by atoms with Gasteiger partial charge in [-0.1, -0.05) is 57.2 Å². The summed E-state index contributed by atoms with van der Waals surface area (Å²) in [5.74, 6) is 0.0336. The molecule has 0 aliphatic heterocycles. The van der Waals surface area contributed by atoms with Crippen molar-refractivity contribution in [2.24, 2.45) is 7.05 Å². The van der Waals surface area contributed by atoms with Crippen LogP contribution < -0.4 is 16.2 Å². The van der Waals surface area contributed by atoms with E-state index in [9.17, 15) is 9.59 Å². The van der Waals surface area contributed by atoms with E-state index >= 15 is 0 Å². The fourth-order valence-corrected chi connectivity index (χ4v) is 4.73. The van der Waals surface area contributed by atoms with Gasteiger partial charge in [0.2, 0.25) is 0 Å². The fraction of sp³-hybridized carbons (Fsp3) is 0.324. The zero-order chi connectivity index (χ0) is 30.4. The van der Waals surface area contributed by atoms with Gasteiger partial charge in [-0.25, -0.2) is 4.98 Å². The Morgan fingerprint density at radius 2 is 1.74 bits per heavy atom. The minimum absolute atomic E-state index is 0.0108. The van der Waals surface area contributed by atoms with E-state index in [0.717, 1.165) is 35.3 Å². The van der Waals surface area contributed by atoms with Crippen LogP contribution in [0.1, 0.15) is 47.8 Å². The van der Waals surface area contributed by atoms with Crippen molar-refractivity contribution in [1.82, 2.24) is 14.5 Å². The molecule has 0 aliphatic rings. The molecule has 0 aliphatic carbocycles. The first-order valence-corrected chi connectivity index (χ1v) is 14.2. The molecule has 4 aromatic rings. The van der Waals surface area contributed by atoms with E-state index in [1.54, 1.807) is 13.2 Å². The zero-order valence-electron chi connectivity index (χ0n) is 25.4. The maximum absolute atomic E-state index is 13.1. The molecule has 0 radical (unpaired) electrons. The lowest BCUT2D eigenvalue weighted by atomic mass is 9.86. The second-order valence-electron chi connectivity index (χ2n) is 11.8. The number of aliphatic hydroxyl groups is 1. The highest BCUT2D eigenvalue weighted by atomic mass is 16.3. The Morgan fingerprint density at radius 3 is 2.43 bits per heavy atom. The van der Waals surface area contributed by atoms with Gasteiger partial charge in [0.15, 0.2) is 5.82 Å². The average molecular weight is 568 g/mol. The normalized spacial score (nSPS) is 11.5. The highest BCUT2D eigenvalue weighted by molar-refractivity contribution is 6.05. The van der Waals surface area contributed by atoms with Crippen LogP contribution >= 0.6 is 0 Å². The number of likely N-dealkylation sites (N-methyl/N-ethyl adjacent to an activating group) is 1. The topological polar surface area (TPSA) is 99.5 Å². The maximum atomic E-state index is 13.1. The minimum Gasteiger partial charge on any atom is -0.395 e. The Kier molecular flexibility index (Phi) is 9.60. The lowest BCUT2D eigenvalue weighted by Gasteiger charge is -2.19. The van der Waals surface area contributed by atoms with Crippen LogP contribution in [-0.4, -0.2) is 52.2 Å². The third-order valence-electron chi connectivity index (χ3n) is 7.40. The molecule has 0 spiro atoms. The monoisotopic (exact) mass is 567 g/mol. The minimum atomic E-state index is -0.243. The maximum Gasteiger partial charge on any atom is 0.293 e. The molecule has 0 saturated heterocycles. The van der Waals surface area contributed by atoms with Gasteiger partial charge in [0, 0.05) is 48.8 Å². The predicted molar refractivity (Wildman–Crippen MR) is 171 cm³/mol. The molecule has 42 heavy (non-hydrogen) atoms. The van der Waals surface area contributed by atoms with Crippen molar-refractivity contribution in [3.8, 4) is 11.3 Å². The molecule has 8 heteroatoms. The fourth-order valence-electron chi connectivity index (χ4n) is 4.73. The third-order valence-corrected chi connectivity index (χ3v) is 7.40. The molecule has 1 heterocycles. The first-order valence-electron chi connectivity index (χ1n) is 14.2. The number of aromatic nitrogens is 2. The average Bonchev–Trinajstić information content (AvgIpc) is 2.95. The SMILES string of the molecule is Cc1c(NC(=O)c2ccc(C(C)(C)C)cc2)cccc1-c1cn(C)c(=O)c(Nc2cccc(CCN(C)CCO)c2)n1. The van der Waals surface area contributed by atoms with Crippen LogP contribution in [0.4, 0.5) is 17.2 Å². The second-order valence-corrected chi connectivity index (χ2v) is 11.8.